The maximum Gasteiger partial charge on any atom is 0.245 e. The second-order valence-electron chi connectivity index (χ2n) is 5.75. The monoisotopic (exact) mass is 317 g/mol. The number of halogens is 1. The van der Waals surface area contributed by atoms with Crippen LogP contribution in [0.25, 0.3) is 0 Å². The van der Waals surface area contributed by atoms with Crippen LogP contribution >= 0.6 is 0 Å². The van der Waals surface area contributed by atoms with Crippen LogP contribution < -0.4 is 5.32 Å². The second kappa shape index (κ2) is 6.91. The van der Waals surface area contributed by atoms with Crippen LogP contribution in [0.3, 0.4) is 0 Å². The van der Waals surface area contributed by atoms with Crippen molar-refractivity contribution in [3.63, 3.8) is 0 Å². The van der Waals surface area contributed by atoms with Crippen molar-refractivity contribution in [1.29, 1.82) is 0 Å². The van der Waals surface area contributed by atoms with Gasteiger partial charge in [-0.1, -0.05) is 12.1 Å². The summed E-state index contributed by atoms with van der Waals surface area (Å²) in [6.45, 7) is 2.48. The van der Waals surface area contributed by atoms with Crippen LogP contribution in [-0.4, -0.2) is 28.4 Å². The number of nitrogens with one attached hydrogen (secondary N) is 1. The van der Waals surface area contributed by atoms with Crippen molar-refractivity contribution in [3.8, 4) is 0 Å². The number of carbonyl (C=O) groups is 1. The first-order valence-electron chi connectivity index (χ1n) is 7.82. The van der Waals surface area contributed by atoms with Crippen molar-refractivity contribution in [2.24, 2.45) is 0 Å². The number of nitrogens with zero attached hydrogens (tertiary/aromatic N) is 2. The van der Waals surface area contributed by atoms with Gasteiger partial charge in [-0.2, -0.15) is 5.10 Å². The molecule has 122 valence electrons. The summed E-state index contributed by atoms with van der Waals surface area (Å²) in [5, 5.41) is 7.14. The number of hydrogen-bond acceptors (Lipinski definition) is 3. The molecule has 23 heavy (non-hydrogen) atoms. The summed E-state index contributed by atoms with van der Waals surface area (Å²) in [5.41, 5.74) is 0.847. The zero-order chi connectivity index (χ0) is 16.2. The van der Waals surface area contributed by atoms with Gasteiger partial charge in [-0.05, 0) is 43.5 Å². The van der Waals surface area contributed by atoms with Gasteiger partial charge in [0.05, 0.1) is 12.1 Å². The Kier molecular flexibility index (Phi) is 4.71. The highest BCUT2D eigenvalue weighted by Gasteiger charge is 2.30. The summed E-state index contributed by atoms with van der Waals surface area (Å²) < 4.78 is 20.5. The third-order valence-corrected chi connectivity index (χ3v) is 4.16. The van der Waals surface area contributed by atoms with E-state index in [0.29, 0.717) is 6.61 Å². The molecule has 1 aromatic carbocycles. The minimum atomic E-state index is -0.422. The Balaban J connectivity index is 1.78. The molecule has 1 amide bonds. The summed E-state index contributed by atoms with van der Waals surface area (Å²) in [6, 6.07) is 7.27. The Morgan fingerprint density at radius 2 is 2.22 bits per heavy atom. The summed E-state index contributed by atoms with van der Waals surface area (Å²) >= 11 is 0. The number of amides is 1. The Bertz CT molecular complexity index is 636. The molecular weight excluding hydrogens is 297 g/mol. The van der Waals surface area contributed by atoms with E-state index in [0.717, 1.165) is 18.4 Å². The van der Waals surface area contributed by atoms with E-state index in [9.17, 15) is 9.18 Å². The zero-order valence-electron chi connectivity index (χ0n) is 13.0. The maximum atomic E-state index is 13.2. The van der Waals surface area contributed by atoms with Gasteiger partial charge in [0.1, 0.15) is 11.9 Å². The Morgan fingerprint density at radius 1 is 1.43 bits per heavy atom. The molecule has 2 heterocycles. The standard InChI is InChI=1S/C17H20FN3O2/c1-12(21-10-3-9-19-21)17(22)20-16(15-4-2-11-23-15)13-5-7-14(18)8-6-13/h3,5-10,12,15-16H,2,4,11H2,1H3,(H,20,22)/t12-,15+,16+/m1/s1. The minimum absolute atomic E-state index is 0.0887. The molecule has 6 heteroatoms. The average Bonchev–Trinajstić information content (AvgIpc) is 3.26. The Labute approximate surface area is 134 Å². The van der Waals surface area contributed by atoms with E-state index in [1.807, 2.05) is 0 Å². The molecule has 1 N–H and O–H groups in total. The number of aromatic nitrogens is 2. The van der Waals surface area contributed by atoms with Crippen molar-refractivity contribution >= 4 is 5.91 Å². The largest absolute Gasteiger partial charge is 0.376 e. The molecule has 1 aliphatic rings. The van der Waals surface area contributed by atoms with Crippen molar-refractivity contribution in [1.82, 2.24) is 15.1 Å². The molecule has 3 atom stereocenters. The number of carbonyl (C=O) groups excluding carboxylic acids is 1. The van der Waals surface area contributed by atoms with Crippen molar-refractivity contribution in [2.45, 2.75) is 38.0 Å². The first-order chi connectivity index (χ1) is 11.1. The summed E-state index contributed by atoms with van der Waals surface area (Å²) in [5.74, 6) is -0.436. The van der Waals surface area contributed by atoms with E-state index in [1.54, 1.807) is 42.2 Å². The van der Waals surface area contributed by atoms with Gasteiger partial charge in [-0.15, -0.1) is 0 Å². The van der Waals surface area contributed by atoms with Gasteiger partial charge >= 0.3 is 0 Å². The molecule has 2 aromatic rings. The lowest BCUT2D eigenvalue weighted by molar-refractivity contribution is -0.125. The van der Waals surface area contributed by atoms with Crippen LogP contribution in [0.5, 0.6) is 0 Å². The predicted octanol–water partition coefficient (Wildman–Crippen LogP) is 2.62. The highest BCUT2D eigenvalue weighted by molar-refractivity contribution is 5.80. The molecular formula is C17H20FN3O2. The summed E-state index contributed by atoms with van der Waals surface area (Å²) in [4.78, 5) is 12.5. The van der Waals surface area contributed by atoms with E-state index in [-0.39, 0.29) is 23.9 Å². The van der Waals surface area contributed by atoms with Crippen LogP contribution in [0.2, 0.25) is 0 Å². The van der Waals surface area contributed by atoms with Gasteiger partial charge in [0.25, 0.3) is 0 Å². The third kappa shape index (κ3) is 3.59. The smallest absolute Gasteiger partial charge is 0.245 e. The summed E-state index contributed by atoms with van der Waals surface area (Å²) in [7, 11) is 0. The molecule has 3 rings (SSSR count). The van der Waals surface area contributed by atoms with E-state index >= 15 is 0 Å². The van der Waals surface area contributed by atoms with E-state index in [4.69, 9.17) is 4.74 Å². The van der Waals surface area contributed by atoms with E-state index < -0.39 is 6.04 Å². The van der Waals surface area contributed by atoms with Crippen molar-refractivity contribution in [2.75, 3.05) is 6.61 Å². The third-order valence-electron chi connectivity index (χ3n) is 4.16. The lowest BCUT2D eigenvalue weighted by Gasteiger charge is -2.26. The molecule has 0 unspecified atom stereocenters. The molecule has 1 saturated heterocycles. The highest BCUT2D eigenvalue weighted by Crippen LogP contribution is 2.27. The molecule has 0 radical (unpaired) electrons. The molecule has 0 aliphatic carbocycles. The fourth-order valence-electron chi connectivity index (χ4n) is 2.83. The lowest BCUT2D eigenvalue weighted by Crippen LogP contribution is -2.39. The molecule has 1 fully saturated rings. The average molecular weight is 317 g/mol. The Morgan fingerprint density at radius 3 is 2.83 bits per heavy atom. The molecule has 0 spiro atoms. The lowest BCUT2D eigenvalue weighted by atomic mass is 9.99. The first-order valence-corrected chi connectivity index (χ1v) is 7.82. The van der Waals surface area contributed by atoms with Crippen LogP contribution in [0.4, 0.5) is 4.39 Å². The Hall–Kier alpha value is -2.21. The van der Waals surface area contributed by atoms with Crippen molar-refractivity contribution in [3.05, 3.63) is 54.1 Å². The molecule has 1 aliphatic heterocycles. The van der Waals surface area contributed by atoms with Gasteiger partial charge in [0.15, 0.2) is 0 Å². The van der Waals surface area contributed by atoms with Gasteiger partial charge in [0.2, 0.25) is 5.91 Å². The zero-order valence-corrected chi connectivity index (χ0v) is 13.0. The topological polar surface area (TPSA) is 56.1 Å². The molecule has 5 nitrogen and oxygen atoms in total. The molecule has 0 bridgehead atoms. The van der Waals surface area contributed by atoms with Gasteiger partial charge in [0, 0.05) is 19.0 Å². The van der Waals surface area contributed by atoms with Gasteiger partial charge in [-0.25, -0.2) is 4.39 Å². The number of benzene rings is 1. The van der Waals surface area contributed by atoms with Crippen LogP contribution in [0.1, 0.15) is 37.4 Å². The van der Waals surface area contributed by atoms with Crippen LogP contribution in [0, 0.1) is 5.82 Å². The number of ether oxygens (including phenoxy) is 1. The van der Waals surface area contributed by atoms with Crippen molar-refractivity contribution < 1.29 is 13.9 Å². The second-order valence-corrected chi connectivity index (χ2v) is 5.75. The van der Waals surface area contributed by atoms with E-state index in [2.05, 4.69) is 10.4 Å². The minimum Gasteiger partial charge on any atom is -0.376 e. The fourth-order valence-corrected chi connectivity index (χ4v) is 2.83. The highest BCUT2D eigenvalue weighted by atomic mass is 19.1. The van der Waals surface area contributed by atoms with Gasteiger partial charge in [-0.3, -0.25) is 9.48 Å². The fraction of sp³-hybridized carbons (Fsp3) is 0.412. The van der Waals surface area contributed by atoms with Gasteiger partial charge < -0.3 is 10.1 Å². The van der Waals surface area contributed by atoms with E-state index in [1.165, 1.54) is 12.1 Å². The maximum absolute atomic E-state index is 13.2. The number of rotatable bonds is 5. The molecule has 0 saturated carbocycles. The first kappa shape index (κ1) is 15.7. The van der Waals surface area contributed by atoms with Crippen LogP contribution in [-0.2, 0) is 9.53 Å². The summed E-state index contributed by atoms with van der Waals surface area (Å²) in [6.07, 6.45) is 5.14. The number of hydrogen-bond donors (Lipinski definition) is 1. The molecule has 1 aromatic heterocycles. The van der Waals surface area contributed by atoms with Crippen LogP contribution in [0.15, 0.2) is 42.7 Å². The predicted molar refractivity (Wildman–Crippen MR) is 83.2 cm³/mol. The quantitative estimate of drug-likeness (QED) is 0.922. The normalized spacial score (nSPS) is 20.2. The SMILES string of the molecule is C[C@H](C(=O)N[C@@H](c1ccc(F)cc1)[C@@H]1CCCO1)n1cccn1.